The molecule has 4 aromatic rings. The van der Waals surface area contributed by atoms with Crippen LogP contribution in [0.2, 0.25) is 0 Å². The average Bonchev–Trinajstić information content (AvgIpc) is 3.84. The highest BCUT2D eigenvalue weighted by Gasteiger charge is 2.31. The minimum absolute atomic E-state index is 0.00788. The maximum Gasteiger partial charge on any atom is 0.247 e. The van der Waals surface area contributed by atoms with Crippen molar-refractivity contribution in [1.29, 1.82) is 0 Å². The fourth-order valence-corrected chi connectivity index (χ4v) is 6.03. The summed E-state index contributed by atoms with van der Waals surface area (Å²) < 4.78 is 41.4. The van der Waals surface area contributed by atoms with Crippen molar-refractivity contribution < 1.29 is 22.4 Å². The van der Waals surface area contributed by atoms with E-state index in [0.29, 0.717) is 17.5 Å². The number of aryl methyl sites for hydroxylation is 1. The Labute approximate surface area is 251 Å². The van der Waals surface area contributed by atoms with Crippen LogP contribution in [0.1, 0.15) is 47.6 Å². The molecule has 0 spiro atoms. The van der Waals surface area contributed by atoms with E-state index < -0.39 is 21.9 Å². The molecule has 8 nitrogen and oxygen atoms in total. The number of rotatable bonds is 13. The number of aromatic nitrogens is 1. The van der Waals surface area contributed by atoms with Gasteiger partial charge in [-0.1, -0.05) is 60.7 Å². The van der Waals surface area contributed by atoms with E-state index in [1.807, 2.05) is 24.3 Å². The van der Waals surface area contributed by atoms with Crippen LogP contribution in [0.5, 0.6) is 0 Å². The summed E-state index contributed by atoms with van der Waals surface area (Å²) in [6, 6.07) is 24.1. The van der Waals surface area contributed by atoms with Crippen LogP contribution >= 0.6 is 0 Å². The minimum Gasteiger partial charge on any atom is -0.350 e. The van der Waals surface area contributed by atoms with Crippen LogP contribution in [0.4, 0.5) is 4.39 Å². The average molecular weight is 601 g/mol. The van der Waals surface area contributed by atoms with Gasteiger partial charge in [0.25, 0.3) is 0 Å². The monoisotopic (exact) mass is 600 g/mol. The molecule has 0 saturated heterocycles. The maximum absolute atomic E-state index is 13.9. The van der Waals surface area contributed by atoms with Gasteiger partial charge in [-0.3, -0.25) is 14.6 Å². The summed E-state index contributed by atoms with van der Waals surface area (Å²) in [6.07, 6.45) is 5.43. The lowest BCUT2D eigenvalue weighted by Gasteiger charge is -2.32. The zero-order chi connectivity index (χ0) is 30.2. The Kier molecular flexibility index (Phi) is 9.58. The molecule has 1 atom stereocenters. The van der Waals surface area contributed by atoms with Gasteiger partial charge in [0.1, 0.15) is 11.9 Å². The van der Waals surface area contributed by atoms with Crippen LogP contribution in [0, 0.1) is 5.82 Å². The lowest BCUT2D eigenvalue weighted by atomic mass is 10.0. The molecule has 1 fully saturated rings. The fraction of sp³-hybridized carbons (Fsp3) is 0.242. The molecule has 5 rings (SSSR count). The number of pyridine rings is 1. The van der Waals surface area contributed by atoms with Crippen LogP contribution in [0.3, 0.4) is 0 Å². The lowest BCUT2D eigenvalue weighted by Crippen LogP contribution is -2.43. The molecule has 3 aromatic carbocycles. The lowest BCUT2D eigenvalue weighted by molar-refractivity contribution is -0.141. The van der Waals surface area contributed by atoms with Gasteiger partial charge in [-0.2, -0.15) is 0 Å². The number of sulfonamides is 1. The maximum atomic E-state index is 13.9. The van der Waals surface area contributed by atoms with E-state index >= 15 is 0 Å². The highest BCUT2D eigenvalue weighted by Crippen LogP contribution is 2.26. The second kappa shape index (κ2) is 13.7. The normalized spacial score (nSPS) is 13.7. The van der Waals surface area contributed by atoms with Gasteiger partial charge >= 0.3 is 0 Å². The van der Waals surface area contributed by atoms with Crippen molar-refractivity contribution in [2.75, 3.05) is 0 Å². The molecule has 2 N–H and O–H groups in total. The van der Waals surface area contributed by atoms with Gasteiger partial charge in [-0.05, 0) is 71.8 Å². The molecule has 1 heterocycles. The molecule has 0 aliphatic heterocycles. The molecule has 2 amide bonds. The van der Waals surface area contributed by atoms with Gasteiger partial charge in [0.2, 0.25) is 21.8 Å². The summed E-state index contributed by atoms with van der Waals surface area (Å²) in [4.78, 5) is 33.4. The van der Waals surface area contributed by atoms with E-state index in [4.69, 9.17) is 0 Å². The van der Waals surface area contributed by atoms with Gasteiger partial charge in [-0.15, -0.1) is 0 Å². The first-order valence-electron chi connectivity index (χ1n) is 14.2. The topological polar surface area (TPSA) is 108 Å². The molecular formula is C33H33FN4O4S. The molecule has 0 radical (unpaired) electrons. The third-order valence-corrected chi connectivity index (χ3v) is 8.75. The number of carbonyl (C=O) groups is 2. The van der Waals surface area contributed by atoms with Crippen molar-refractivity contribution in [3.05, 3.63) is 131 Å². The number of halogens is 1. The van der Waals surface area contributed by atoms with E-state index in [2.05, 4.69) is 15.0 Å². The quantitative estimate of drug-likeness (QED) is 0.232. The van der Waals surface area contributed by atoms with Crippen LogP contribution in [-0.2, 0) is 39.1 Å². The fourth-order valence-electron chi connectivity index (χ4n) is 4.73. The molecule has 1 aliphatic carbocycles. The summed E-state index contributed by atoms with van der Waals surface area (Å²) >= 11 is 0. The van der Waals surface area contributed by atoms with Gasteiger partial charge in [-0.25, -0.2) is 17.5 Å². The Morgan fingerprint density at radius 3 is 2.23 bits per heavy atom. The van der Waals surface area contributed by atoms with Crippen LogP contribution in [0.15, 0.2) is 108 Å². The van der Waals surface area contributed by atoms with E-state index in [0.717, 1.165) is 24.0 Å². The van der Waals surface area contributed by atoms with E-state index in [-0.39, 0.29) is 42.3 Å². The van der Waals surface area contributed by atoms with Crippen LogP contribution in [0.25, 0.3) is 0 Å². The summed E-state index contributed by atoms with van der Waals surface area (Å²) in [7, 11) is -3.57. The molecular weight excluding hydrogens is 567 g/mol. The highest BCUT2D eigenvalue weighted by molar-refractivity contribution is 7.89. The Morgan fingerprint density at radius 2 is 1.58 bits per heavy atom. The molecule has 10 heteroatoms. The standard InChI is InChI=1S/C33H33FN4O4S/c34-28-13-8-25(9-14-28)23-38(31(39)19-12-24-10-17-30(18-11-24)43(41,42)37-29-15-16-29)32(27-6-2-1-3-7-27)33(40)36-22-26-5-4-20-35-21-26/h1-11,13-14,17-18,20-21,29,32,37H,12,15-16,19,22-23H2,(H,36,40)/t32-/m1/s1. The number of carbonyl (C=O) groups excluding carboxylic acids is 2. The van der Waals surface area contributed by atoms with Crippen molar-refractivity contribution in [1.82, 2.24) is 19.9 Å². The van der Waals surface area contributed by atoms with Crippen LogP contribution in [-0.4, -0.2) is 36.2 Å². The summed E-state index contributed by atoms with van der Waals surface area (Å²) in [5, 5.41) is 2.94. The SMILES string of the molecule is O=C(NCc1cccnc1)[C@@H](c1ccccc1)N(Cc1ccc(F)cc1)C(=O)CCc1ccc(S(=O)(=O)NC2CC2)cc1. The molecule has 222 valence electrons. The van der Waals surface area contributed by atoms with Crippen LogP contribution < -0.4 is 10.0 Å². The Bertz CT molecular complexity index is 1630. The van der Waals surface area contributed by atoms with Gasteiger partial charge in [0.15, 0.2) is 0 Å². The molecule has 0 bridgehead atoms. The van der Waals surface area contributed by atoms with Crippen molar-refractivity contribution in [2.45, 2.75) is 55.8 Å². The van der Waals surface area contributed by atoms with Crippen molar-refractivity contribution in [2.24, 2.45) is 0 Å². The van der Waals surface area contributed by atoms with Gasteiger partial charge < -0.3 is 10.2 Å². The second-order valence-corrected chi connectivity index (χ2v) is 12.3. The Morgan fingerprint density at radius 1 is 0.884 bits per heavy atom. The zero-order valence-electron chi connectivity index (χ0n) is 23.5. The second-order valence-electron chi connectivity index (χ2n) is 10.6. The first kappa shape index (κ1) is 30.1. The third kappa shape index (κ3) is 8.33. The molecule has 1 aliphatic rings. The molecule has 43 heavy (non-hydrogen) atoms. The van der Waals surface area contributed by atoms with E-state index in [9.17, 15) is 22.4 Å². The molecule has 0 unspecified atom stereocenters. The van der Waals surface area contributed by atoms with Crippen molar-refractivity contribution in [3.63, 3.8) is 0 Å². The zero-order valence-corrected chi connectivity index (χ0v) is 24.3. The molecule has 1 saturated carbocycles. The van der Waals surface area contributed by atoms with Crippen molar-refractivity contribution >= 4 is 21.8 Å². The van der Waals surface area contributed by atoms with E-state index in [1.54, 1.807) is 67.0 Å². The first-order chi connectivity index (χ1) is 20.8. The number of hydrogen-bond donors (Lipinski definition) is 2. The largest absolute Gasteiger partial charge is 0.350 e. The number of amides is 2. The van der Waals surface area contributed by atoms with E-state index in [1.165, 1.54) is 17.0 Å². The Hall–Kier alpha value is -4.41. The summed E-state index contributed by atoms with van der Waals surface area (Å²) in [5.74, 6) is -1.03. The first-order valence-corrected chi connectivity index (χ1v) is 15.6. The highest BCUT2D eigenvalue weighted by atomic mass is 32.2. The third-order valence-electron chi connectivity index (χ3n) is 7.21. The summed E-state index contributed by atoms with van der Waals surface area (Å²) in [6.45, 7) is 0.322. The number of nitrogens with one attached hydrogen (secondary N) is 2. The predicted octanol–water partition coefficient (Wildman–Crippen LogP) is 4.68. The number of nitrogens with zero attached hydrogens (tertiary/aromatic N) is 2. The minimum atomic E-state index is -3.57. The Balaban J connectivity index is 1.37. The predicted molar refractivity (Wildman–Crippen MR) is 160 cm³/mol. The van der Waals surface area contributed by atoms with Gasteiger partial charge in [0.05, 0.1) is 4.90 Å². The smallest absolute Gasteiger partial charge is 0.247 e. The number of hydrogen-bond acceptors (Lipinski definition) is 5. The summed E-state index contributed by atoms with van der Waals surface area (Å²) in [5.41, 5.74) is 2.92. The van der Waals surface area contributed by atoms with Gasteiger partial charge in [0, 0.05) is 37.9 Å². The van der Waals surface area contributed by atoms with Crippen molar-refractivity contribution in [3.8, 4) is 0 Å². The number of benzene rings is 3. The molecule has 1 aromatic heterocycles.